The Kier molecular flexibility index (Phi) is 5.44. The molecule has 0 radical (unpaired) electrons. The van der Waals surface area contributed by atoms with Crippen molar-refractivity contribution < 1.29 is 0 Å². The minimum Gasteiger partial charge on any atom is -0.0616 e. The molecule has 47 heavy (non-hydrogen) atoms. The van der Waals surface area contributed by atoms with Gasteiger partial charge in [0, 0.05) is 5.41 Å². The summed E-state index contributed by atoms with van der Waals surface area (Å²) in [5.74, 6) is 0. The van der Waals surface area contributed by atoms with E-state index in [1.54, 1.807) is 0 Å². The molecule has 0 atom stereocenters. The molecule has 0 aromatic heterocycles. The van der Waals surface area contributed by atoms with E-state index in [0.717, 1.165) is 0 Å². The van der Waals surface area contributed by atoms with Gasteiger partial charge in [-0.25, -0.2) is 0 Å². The third-order valence-corrected chi connectivity index (χ3v) is 10.8. The number of fused-ring (bicyclic) bond motifs is 5. The van der Waals surface area contributed by atoms with Gasteiger partial charge in [0.15, 0.2) is 0 Å². The van der Waals surface area contributed by atoms with Gasteiger partial charge in [-0.1, -0.05) is 159 Å². The molecule has 0 heteroatoms. The van der Waals surface area contributed by atoms with Crippen molar-refractivity contribution in [3.05, 3.63) is 169 Å². The van der Waals surface area contributed by atoms with Gasteiger partial charge in [0.1, 0.15) is 0 Å². The molecule has 0 bridgehead atoms. The summed E-state index contributed by atoms with van der Waals surface area (Å²) in [6, 6.07) is 58.9. The van der Waals surface area contributed by atoms with Gasteiger partial charge < -0.3 is 0 Å². The highest BCUT2D eigenvalue weighted by atomic mass is 14.4. The molecule has 1 aliphatic rings. The maximum Gasteiger partial charge on any atom is 0.0165 e. The van der Waals surface area contributed by atoms with Crippen molar-refractivity contribution in [2.45, 2.75) is 19.3 Å². The van der Waals surface area contributed by atoms with Crippen LogP contribution < -0.4 is 0 Å². The Bertz CT molecular complexity index is 2690. The summed E-state index contributed by atoms with van der Waals surface area (Å²) in [6.07, 6.45) is 0. The minimum atomic E-state index is -0.0826. The van der Waals surface area contributed by atoms with Gasteiger partial charge in [-0.05, 0) is 111 Å². The smallest absolute Gasteiger partial charge is 0.0165 e. The molecule has 0 unspecified atom stereocenters. The van der Waals surface area contributed by atoms with E-state index in [9.17, 15) is 0 Å². The Morgan fingerprint density at radius 2 is 0.936 bits per heavy atom. The lowest BCUT2D eigenvalue weighted by molar-refractivity contribution is 0.666. The van der Waals surface area contributed by atoms with Gasteiger partial charge >= 0.3 is 0 Å². The summed E-state index contributed by atoms with van der Waals surface area (Å²) in [5.41, 5.74) is 13.0. The second kappa shape index (κ2) is 9.64. The van der Waals surface area contributed by atoms with Gasteiger partial charge in [-0.3, -0.25) is 0 Å². The van der Waals surface area contributed by atoms with E-state index >= 15 is 0 Å². The van der Waals surface area contributed by atoms with Crippen molar-refractivity contribution in [3.8, 4) is 44.5 Å². The first-order chi connectivity index (χ1) is 23.1. The fraction of sp³-hybridized carbons (Fsp3) is 0.0638. The van der Waals surface area contributed by atoms with Crippen LogP contribution in [0.5, 0.6) is 0 Å². The summed E-state index contributed by atoms with van der Waals surface area (Å²) >= 11 is 0. The number of benzene rings is 9. The largest absolute Gasteiger partial charge is 0.0616 e. The van der Waals surface area contributed by atoms with Crippen LogP contribution >= 0.6 is 0 Å². The summed E-state index contributed by atoms with van der Waals surface area (Å²) in [6.45, 7) is 4.77. The maximum absolute atomic E-state index is 2.44. The molecule has 0 heterocycles. The lowest BCUT2D eigenvalue weighted by Crippen LogP contribution is -2.15. The quantitative estimate of drug-likeness (QED) is 0.178. The fourth-order valence-corrected chi connectivity index (χ4v) is 8.59. The Balaban J connectivity index is 1.11. The second-order valence-corrected chi connectivity index (χ2v) is 13.7. The predicted molar refractivity (Wildman–Crippen MR) is 202 cm³/mol. The zero-order valence-corrected chi connectivity index (χ0v) is 26.5. The molecule has 1 aliphatic carbocycles. The summed E-state index contributed by atoms with van der Waals surface area (Å²) in [4.78, 5) is 0. The Labute approximate surface area is 274 Å². The first kappa shape index (κ1) is 26.5. The van der Waals surface area contributed by atoms with Crippen LogP contribution in [0.3, 0.4) is 0 Å². The van der Waals surface area contributed by atoms with E-state index in [0.29, 0.717) is 0 Å². The average Bonchev–Trinajstić information content (AvgIpc) is 3.36. The van der Waals surface area contributed by atoms with Crippen LogP contribution in [0.2, 0.25) is 0 Å². The van der Waals surface area contributed by atoms with Crippen molar-refractivity contribution in [3.63, 3.8) is 0 Å². The molecule has 220 valence electrons. The van der Waals surface area contributed by atoms with Crippen molar-refractivity contribution in [2.75, 3.05) is 0 Å². The van der Waals surface area contributed by atoms with Gasteiger partial charge in [-0.15, -0.1) is 0 Å². The maximum atomic E-state index is 2.44. The van der Waals surface area contributed by atoms with Crippen LogP contribution in [-0.4, -0.2) is 0 Å². The van der Waals surface area contributed by atoms with E-state index in [-0.39, 0.29) is 5.41 Å². The van der Waals surface area contributed by atoms with Gasteiger partial charge in [-0.2, -0.15) is 0 Å². The number of rotatable bonds is 3. The Morgan fingerprint density at radius 3 is 1.81 bits per heavy atom. The van der Waals surface area contributed by atoms with Crippen molar-refractivity contribution in [2.24, 2.45) is 0 Å². The zero-order chi connectivity index (χ0) is 31.3. The minimum absolute atomic E-state index is 0.0826. The average molecular weight is 597 g/mol. The highest BCUT2D eigenvalue weighted by molar-refractivity contribution is 6.25. The van der Waals surface area contributed by atoms with Crippen LogP contribution in [0.15, 0.2) is 158 Å². The summed E-state index contributed by atoms with van der Waals surface area (Å²) in [7, 11) is 0. The number of hydrogen-bond donors (Lipinski definition) is 0. The Hall–Kier alpha value is -5.72. The lowest BCUT2D eigenvalue weighted by atomic mass is 9.79. The van der Waals surface area contributed by atoms with E-state index < -0.39 is 0 Å². The van der Waals surface area contributed by atoms with Crippen LogP contribution in [0, 0.1) is 0 Å². The Morgan fingerprint density at radius 1 is 0.340 bits per heavy atom. The van der Waals surface area contributed by atoms with Crippen molar-refractivity contribution >= 4 is 43.1 Å². The molecular weight excluding hydrogens is 565 g/mol. The van der Waals surface area contributed by atoms with Gasteiger partial charge in [0.05, 0.1) is 0 Å². The molecule has 10 rings (SSSR count). The van der Waals surface area contributed by atoms with E-state index in [2.05, 4.69) is 172 Å². The lowest BCUT2D eigenvalue weighted by Gasteiger charge is -2.23. The van der Waals surface area contributed by atoms with Crippen LogP contribution in [0.4, 0.5) is 0 Å². The molecule has 9 aromatic rings. The van der Waals surface area contributed by atoms with Gasteiger partial charge in [0.25, 0.3) is 0 Å². The molecule has 0 fully saturated rings. The molecule has 0 nitrogen and oxygen atoms in total. The molecule has 0 N–H and O–H groups in total. The molecule has 9 aromatic carbocycles. The van der Waals surface area contributed by atoms with Gasteiger partial charge in [0.2, 0.25) is 0 Å². The molecule has 0 saturated heterocycles. The second-order valence-electron chi connectivity index (χ2n) is 13.7. The van der Waals surface area contributed by atoms with E-state index in [4.69, 9.17) is 0 Å². The SMILES string of the molecule is CC1(C)c2cc(-c3cccc(-c4ccccc4-c4ccc5ccc6cccc7ccc4c5c67)c3)ccc2-c2ccc3ccccc3c21. The molecule has 0 saturated carbocycles. The topological polar surface area (TPSA) is 0 Å². The predicted octanol–water partition coefficient (Wildman–Crippen LogP) is 13.0. The normalized spacial score (nSPS) is 13.5. The third-order valence-electron chi connectivity index (χ3n) is 10.8. The van der Waals surface area contributed by atoms with Crippen LogP contribution in [-0.2, 0) is 5.41 Å². The van der Waals surface area contributed by atoms with Crippen LogP contribution in [0.25, 0.3) is 87.6 Å². The first-order valence-corrected chi connectivity index (χ1v) is 16.6. The van der Waals surface area contributed by atoms with Crippen molar-refractivity contribution in [1.29, 1.82) is 0 Å². The van der Waals surface area contributed by atoms with E-state index in [1.807, 2.05) is 0 Å². The molecular formula is C47H32. The van der Waals surface area contributed by atoms with E-state index in [1.165, 1.54) is 98.7 Å². The number of hydrogen-bond acceptors (Lipinski definition) is 0. The first-order valence-electron chi connectivity index (χ1n) is 16.6. The van der Waals surface area contributed by atoms with Crippen LogP contribution in [0.1, 0.15) is 25.0 Å². The highest BCUT2D eigenvalue weighted by Crippen LogP contribution is 2.52. The highest BCUT2D eigenvalue weighted by Gasteiger charge is 2.37. The monoisotopic (exact) mass is 596 g/mol. The third kappa shape index (κ3) is 3.76. The molecule has 0 spiro atoms. The fourth-order valence-electron chi connectivity index (χ4n) is 8.59. The van der Waals surface area contributed by atoms with Crippen molar-refractivity contribution in [1.82, 2.24) is 0 Å². The molecule has 0 amide bonds. The summed E-state index contributed by atoms with van der Waals surface area (Å²) in [5, 5.41) is 10.6. The molecule has 0 aliphatic heterocycles. The zero-order valence-electron chi connectivity index (χ0n) is 26.5. The standard InChI is InChI=1S/C47H32/c1-47(2)43-28-34(22-24-40(43)42-26-19-29-9-3-4-15-37(29)46(42)47)33-12-8-13-35(27-33)36-14-5-6-16-38(36)39-23-20-32-18-17-30-10-7-11-31-21-25-41(39)45(32)44(30)31/h3-28H,1-2H3. The summed E-state index contributed by atoms with van der Waals surface area (Å²) < 4.78 is 0.